The zero-order valence-electron chi connectivity index (χ0n) is 45.9. The van der Waals surface area contributed by atoms with Crippen LogP contribution in [0.25, 0.3) is 10.1 Å². The SMILES string of the molecule is Cc1ccc(CC(NC(=O)C(CCC(N)=O)NC(=O)[C@@H]2CC[C@@H]3CCN(C)C[C@H](NC(=O)c4cc5cc(C(F)(F)P(=O)(O)O)ccc5s4)C(=O)N32)C(=O)N2CCC(CCC#Cc3cccc4c3CN(C3CCC(=O)NC3=O)C4=O)CC2)cc1. The van der Waals surface area contributed by atoms with E-state index in [4.69, 9.17) is 5.73 Å². The summed E-state index contributed by atoms with van der Waals surface area (Å²) < 4.78 is 41.1. The number of nitrogens with two attached hydrogens (primary N) is 1. The van der Waals surface area contributed by atoms with E-state index in [-0.39, 0.29) is 85.5 Å². The molecular formula is C58H66F2N9O12PS. The van der Waals surface area contributed by atoms with Crippen LogP contribution in [0.2, 0.25) is 0 Å². The Morgan fingerprint density at radius 3 is 2.37 bits per heavy atom. The van der Waals surface area contributed by atoms with Crippen molar-refractivity contribution in [3.05, 3.63) is 105 Å². The first-order valence-electron chi connectivity index (χ1n) is 27.7. The van der Waals surface area contributed by atoms with Crippen molar-refractivity contribution in [2.45, 2.75) is 132 Å². The number of carbonyl (C=O) groups is 9. The van der Waals surface area contributed by atoms with E-state index in [1.165, 1.54) is 21.9 Å². The van der Waals surface area contributed by atoms with Crippen LogP contribution in [0.5, 0.6) is 0 Å². The molecule has 25 heteroatoms. The molecule has 6 atom stereocenters. The van der Waals surface area contributed by atoms with Gasteiger partial charge in [-0.25, -0.2) is 0 Å². The number of imide groups is 1. The fraction of sp³-hybridized carbons (Fsp3) is 0.466. The van der Waals surface area contributed by atoms with Crippen molar-refractivity contribution >= 4 is 82.2 Å². The Balaban J connectivity index is 0.841. The van der Waals surface area contributed by atoms with E-state index in [1.807, 2.05) is 42.2 Å². The Morgan fingerprint density at radius 2 is 1.66 bits per heavy atom. The number of primary amides is 1. The number of piperidine rings is 2. The highest BCUT2D eigenvalue weighted by Gasteiger charge is 2.51. The molecule has 3 unspecified atom stereocenters. The van der Waals surface area contributed by atoms with Crippen LogP contribution in [-0.2, 0) is 56.8 Å². The zero-order valence-corrected chi connectivity index (χ0v) is 47.6. The van der Waals surface area contributed by atoms with Gasteiger partial charge in [-0.05, 0) is 125 Å². The molecular weight excluding hydrogens is 1120 g/mol. The van der Waals surface area contributed by atoms with E-state index in [0.29, 0.717) is 67.6 Å². The number of amides is 9. The second kappa shape index (κ2) is 25.2. The van der Waals surface area contributed by atoms with Gasteiger partial charge in [-0.2, -0.15) is 8.78 Å². The molecule has 440 valence electrons. The average Bonchev–Trinajstić information content (AvgIpc) is 3.58. The van der Waals surface area contributed by atoms with Crippen molar-refractivity contribution < 1.29 is 66.3 Å². The van der Waals surface area contributed by atoms with E-state index >= 15 is 0 Å². The number of alkyl halides is 2. The number of nitrogens with one attached hydrogen (secondary N) is 4. The Hall–Kier alpha value is -7.42. The summed E-state index contributed by atoms with van der Waals surface area (Å²) >= 11 is 0.923. The summed E-state index contributed by atoms with van der Waals surface area (Å²) in [7, 11) is -4.09. The third-order valence-electron chi connectivity index (χ3n) is 16.4. The molecule has 0 saturated carbocycles. The van der Waals surface area contributed by atoms with Crippen LogP contribution in [0.3, 0.4) is 0 Å². The summed E-state index contributed by atoms with van der Waals surface area (Å²) in [5, 5.41) is 10.9. The van der Waals surface area contributed by atoms with Gasteiger partial charge in [0.15, 0.2) is 0 Å². The molecule has 4 saturated heterocycles. The van der Waals surface area contributed by atoms with Gasteiger partial charge in [-0.15, -0.1) is 11.3 Å². The molecule has 1 aromatic heterocycles. The molecule has 6 heterocycles. The molecule has 0 radical (unpaired) electrons. The van der Waals surface area contributed by atoms with Crippen LogP contribution < -0.4 is 27.0 Å². The first-order valence-corrected chi connectivity index (χ1v) is 30.2. The summed E-state index contributed by atoms with van der Waals surface area (Å²) in [5.41, 5.74) is 3.83. The molecule has 8 N–H and O–H groups in total. The second-order valence-corrected chi connectivity index (χ2v) is 24.9. The second-order valence-electron chi connectivity index (χ2n) is 22.2. The smallest absolute Gasteiger partial charge is 0.370 e. The van der Waals surface area contributed by atoms with Crippen molar-refractivity contribution in [2.75, 3.05) is 33.2 Å². The molecule has 5 aliphatic rings. The highest BCUT2D eigenvalue weighted by molar-refractivity contribution is 7.52. The van der Waals surface area contributed by atoms with Gasteiger partial charge >= 0.3 is 13.3 Å². The monoisotopic (exact) mass is 1180 g/mol. The normalized spacial score (nSPS) is 21.4. The van der Waals surface area contributed by atoms with Crippen LogP contribution in [0.4, 0.5) is 8.78 Å². The molecule has 83 heavy (non-hydrogen) atoms. The van der Waals surface area contributed by atoms with Gasteiger partial charge in [-0.1, -0.05) is 53.8 Å². The van der Waals surface area contributed by atoms with E-state index in [2.05, 4.69) is 33.1 Å². The maximum absolute atomic E-state index is 14.6. The molecule has 4 aromatic rings. The van der Waals surface area contributed by atoms with Crippen molar-refractivity contribution in [2.24, 2.45) is 11.7 Å². The third-order valence-corrected chi connectivity index (χ3v) is 18.5. The summed E-state index contributed by atoms with van der Waals surface area (Å²) in [6.45, 7) is 3.47. The third kappa shape index (κ3) is 13.7. The predicted octanol–water partition coefficient (Wildman–Crippen LogP) is 3.54. The van der Waals surface area contributed by atoms with Crippen LogP contribution in [-0.4, -0.2) is 152 Å². The predicted molar refractivity (Wildman–Crippen MR) is 300 cm³/mol. The molecule has 0 bridgehead atoms. The first-order chi connectivity index (χ1) is 39.4. The number of rotatable bonds is 17. The quantitative estimate of drug-likeness (QED) is 0.0453. The fourth-order valence-corrected chi connectivity index (χ4v) is 13.1. The minimum atomic E-state index is -5.87. The van der Waals surface area contributed by atoms with Crippen molar-refractivity contribution in [3.8, 4) is 11.8 Å². The molecule has 5 aliphatic heterocycles. The number of likely N-dealkylation sites (tertiary alicyclic amines) is 1. The van der Waals surface area contributed by atoms with E-state index in [9.17, 15) is 66.3 Å². The number of nitrogens with zero attached hydrogens (tertiary/aromatic N) is 4. The van der Waals surface area contributed by atoms with E-state index in [0.717, 1.165) is 46.6 Å². The lowest BCUT2D eigenvalue weighted by Crippen LogP contribution is -2.61. The fourth-order valence-electron chi connectivity index (χ4n) is 11.7. The van der Waals surface area contributed by atoms with Gasteiger partial charge in [0, 0.05) is 79.3 Å². The Kier molecular flexibility index (Phi) is 18.3. The van der Waals surface area contributed by atoms with Crippen LogP contribution in [0.15, 0.2) is 66.7 Å². The standard InChI is InChI=1S/C58H66F2N9O12PS/c1-33-10-12-35(13-11-33)28-43(56(77)67-26-22-34(23-27-67)6-3-4-7-36-8-5-9-40-41(36)31-68(55(40)76)45-18-21-50(71)65-52(45)73)63-51(72)42(16-20-49(61)70)62-53(74)46-17-15-39-24-25-66(2)32-44(57(78)69(39)46)64-54(75)48-30-37-29-38(14-19-47(37)83-48)58(59,60)82(79,80)81/h5,8-14,19,29-30,34,39,42-46H,3,6,15-18,20-28,31-32H2,1-2H3,(H2,61,70)(H,62,74)(H,63,72)(H,64,75)(H,65,71,73)(H2,79,80,81)/t39-,42?,43?,44+,45?,46+/m1/s1. The number of hydrogen-bond donors (Lipinski definition) is 7. The summed E-state index contributed by atoms with van der Waals surface area (Å²) in [4.78, 5) is 147. The van der Waals surface area contributed by atoms with Crippen molar-refractivity contribution in [1.29, 1.82) is 0 Å². The highest BCUT2D eigenvalue weighted by atomic mass is 32.1. The molecule has 21 nitrogen and oxygen atoms in total. The summed E-state index contributed by atoms with van der Waals surface area (Å²) in [6.07, 6.45) is 3.75. The molecule has 9 amide bonds. The molecule has 9 rings (SSSR count). The number of fused-ring (bicyclic) bond motifs is 3. The minimum absolute atomic E-state index is 0.0314. The number of halogens is 2. The highest BCUT2D eigenvalue weighted by Crippen LogP contribution is 2.59. The van der Waals surface area contributed by atoms with Gasteiger partial charge in [0.2, 0.25) is 41.4 Å². The van der Waals surface area contributed by atoms with Crippen LogP contribution >= 0.6 is 18.9 Å². The maximum atomic E-state index is 14.6. The van der Waals surface area contributed by atoms with E-state index < -0.39 is 90.5 Å². The number of aryl methyl sites for hydroxylation is 1. The Labute approximate surface area is 481 Å². The first kappa shape index (κ1) is 60.2. The van der Waals surface area contributed by atoms with Gasteiger partial charge in [0.05, 0.1) is 4.88 Å². The molecule has 0 spiro atoms. The number of benzene rings is 3. The lowest BCUT2D eigenvalue weighted by molar-refractivity contribution is -0.144. The topological polar surface area (TPSA) is 298 Å². The maximum Gasteiger partial charge on any atom is 0.399 e. The molecule has 3 aromatic carbocycles. The molecule has 0 aliphatic carbocycles. The molecule has 4 fully saturated rings. The van der Waals surface area contributed by atoms with Crippen molar-refractivity contribution in [3.63, 3.8) is 0 Å². The number of carbonyl (C=O) groups excluding carboxylic acids is 9. The number of hydrogen-bond acceptors (Lipinski definition) is 12. The average molecular weight is 1180 g/mol. The van der Waals surface area contributed by atoms with E-state index in [1.54, 1.807) is 24.1 Å². The Bertz CT molecular complexity index is 3350. The number of likely N-dealkylation sites (N-methyl/N-ethyl adjacent to an activating group) is 1. The summed E-state index contributed by atoms with van der Waals surface area (Å²) in [5.74, 6) is 1.80. The summed E-state index contributed by atoms with van der Waals surface area (Å²) in [6, 6.07) is 11.2. The van der Waals surface area contributed by atoms with Gasteiger partial charge in [-0.3, -0.25) is 53.0 Å². The van der Waals surface area contributed by atoms with Crippen molar-refractivity contribution in [1.82, 2.24) is 40.9 Å². The van der Waals surface area contributed by atoms with Crippen LogP contribution in [0.1, 0.15) is 118 Å². The van der Waals surface area contributed by atoms with Crippen LogP contribution in [0, 0.1) is 24.7 Å². The van der Waals surface area contributed by atoms with Gasteiger partial charge < -0.3 is 51.1 Å². The van der Waals surface area contributed by atoms with Gasteiger partial charge in [0.25, 0.3) is 11.8 Å². The largest absolute Gasteiger partial charge is 0.399 e. The number of thiophene rings is 1. The lowest BCUT2D eigenvalue weighted by Gasteiger charge is -2.38. The Morgan fingerprint density at radius 1 is 0.916 bits per heavy atom. The van der Waals surface area contributed by atoms with Gasteiger partial charge in [0.1, 0.15) is 30.2 Å². The lowest BCUT2D eigenvalue weighted by atomic mass is 9.91. The zero-order chi connectivity index (χ0) is 59.5. The minimum Gasteiger partial charge on any atom is -0.370 e.